The van der Waals surface area contributed by atoms with Gasteiger partial charge in [-0.25, -0.2) is 4.79 Å². The largest absolute Gasteiger partial charge is 0.418 e. The van der Waals surface area contributed by atoms with Crippen molar-refractivity contribution in [3.05, 3.63) is 5.89 Å². The lowest BCUT2D eigenvalue weighted by Crippen LogP contribution is -2.44. The lowest BCUT2D eigenvalue weighted by Gasteiger charge is -2.31. The van der Waals surface area contributed by atoms with Crippen molar-refractivity contribution in [3.63, 3.8) is 0 Å². The minimum absolute atomic E-state index is 0.269. The van der Waals surface area contributed by atoms with Crippen LogP contribution in [0.1, 0.15) is 24.8 Å². The van der Waals surface area contributed by atoms with E-state index in [4.69, 9.17) is 8.97 Å². The van der Waals surface area contributed by atoms with E-state index in [1.54, 1.807) is 0 Å². The summed E-state index contributed by atoms with van der Waals surface area (Å²) >= 11 is 0. The maximum Gasteiger partial charge on any atom is 0.418 e. The zero-order valence-electron chi connectivity index (χ0n) is 14.2. The van der Waals surface area contributed by atoms with Crippen LogP contribution in [0.4, 0.5) is 10.8 Å². The summed E-state index contributed by atoms with van der Waals surface area (Å²) in [6.07, 6.45) is 1.03. The first-order valence-corrected chi connectivity index (χ1v) is 9.72. The number of carbonyl (C=O) groups excluding carboxylic acids is 1. The molecule has 144 valence electrons. The van der Waals surface area contributed by atoms with Crippen LogP contribution in [0, 0.1) is 0 Å². The Kier molecular flexibility index (Phi) is 4.25. The third-order valence-corrected chi connectivity index (χ3v) is 5.34. The SMILES string of the molecule is CN1CCN(c2nnc([C@@H]3CC[C@@H]4CN3C(=O)N4OS(=O)(=O)O)o2)CC1. The highest BCUT2D eigenvalue weighted by atomic mass is 32.3. The molecule has 2 atom stereocenters. The number of urea groups is 1. The minimum Gasteiger partial charge on any atom is -0.406 e. The molecule has 3 saturated heterocycles. The molecule has 1 N–H and O–H groups in total. The first-order chi connectivity index (χ1) is 12.3. The molecule has 0 aliphatic carbocycles. The fraction of sp³-hybridized carbons (Fsp3) is 0.769. The molecule has 0 spiro atoms. The number of anilines is 1. The predicted molar refractivity (Wildman–Crippen MR) is 86.3 cm³/mol. The lowest BCUT2D eigenvalue weighted by molar-refractivity contribution is -0.0317. The van der Waals surface area contributed by atoms with E-state index in [1.165, 1.54) is 4.90 Å². The topological polar surface area (TPSA) is 133 Å². The standard InChI is InChI=1S/C13H20N6O6S/c1-16-4-6-17(7-5-16)12-15-14-11(24-12)10-3-2-9-8-18(10)13(20)19(9)25-26(21,22)23/h9-10H,2-8H2,1H3,(H,21,22,23)/t9-,10+/m1/s1. The van der Waals surface area contributed by atoms with Gasteiger partial charge in [0.25, 0.3) is 0 Å². The molecule has 12 nitrogen and oxygen atoms in total. The van der Waals surface area contributed by atoms with Crippen LogP contribution >= 0.6 is 0 Å². The predicted octanol–water partition coefficient (Wildman–Crippen LogP) is -0.503. The fourth-order valence-corrected chi connectivity index (χ4v) is 3.96. The van der Waals surface area contributed by atoms with E-state index in [-0.39, 0.29) is 6.54 Å². The molecule has 0 radical (unpaired) electrons. The molecular weight excluding hydrogens is 368 g/mol. The van der Waals surface area contributed by atoms with E-state index >= 15 is 0 Å². The molecule has 3 aliphatic heterocycles. The van der Waals surface area contributed by atoms with E-state index in [0.29, 0.717) is 29.8 Å². The highest BCUT2D eigenvalue weighted by Gasteiger charge is 2.49. The van der Waals surface area contributed by atoms with E-state index in [9.17, 15) is 13.2 Å². The maximum atomic E-state index is 12.4. The molecular formula is C13H20N6O6S. The van der Waals surface area contributed by atoms with Crippen LogP contribution in [-0.2, 0) is 14.7 Å². The van der Waals surface area contributed by atoms with Crippen LogP contribution in [0.3, 0.4) is 0 Å². The molecule has 4 rings (SSSR count). The van der Waals surface area contributed by atoms with Gasteiger partial charge in [-0.2, -0.15) is 13.5 Å². The Hall–Kier alpha value is -1.96. The normalized spacial score (nSPS) is 27.5. The van der Waals surface area contributed by atoms with Crippen LogP contribution < -0.4 is 4.90 Å². The summed E-state index contributed by atoms with van der Waals surface area (Å²) in [5.41, 5.74) is 0. The number of amides is 2. The number of aromatic nitrogens is 2. The van der Waals surface area contributed by atoms with E-state index in [0.717, 1.165) is 26.2 Å². The van der Waals surface area contributed by atoms with Gasteiger partial charge in [0.2, 0.25) is 5.89 Å². The molecule has 2 amide bonds. The van der Waals surface area contributed by atoms with Gasteiger partial charge in [-0.3, -0.25) is 4.55 Å². The number of carbonyl (C=O) groups is 1. The second kappa shape index (κ2) is 6.33. The number of piperidine rings is 1. The third-order valence-electron chi connectivity index (χ3n) is 4.99. The molecule has 1 aromatic heterocycles. The van der Waals surface area contributed by atoms with Crippen LogP contribution in [0.15, 0.2) is 4.42 Å². The number of piperazine rings is 1. The van der Waals surface area contributed by atoms with Gasteiger partial charge in [-0.15, -0.1) is 9.38 Å². The molecule has 13 heteroatoms. The van der Waals surface area contributed by atoms with Gasteiger partial charge in [-0.05, 0) is 19.9 Å². The monoisotopic (exact) mass is 388 g/mol. The number of likely N-dealkylation sites (N-methyl/N-ethyl adjacent to an activating group) is 1. The fourth-order valence-electron chi connectivity index (χ4n) is 3.57. The van der Waals surface area contributed by atoms with Crippen molar-refractivity contribution in [1.82, 2.24) is 25.1 Å². The Morgan fingerprint density at radius 2 is 1.92 bits per heavy atom. The highest BCUT2D eigenvalue weighted by molar-refractivity contribution is 7.80. The van der Waals surface area contributed by atoms with E-state index in [2.05, 4.69) is 26.4 Å². The van der Waals surface area contributed by atoms with Gasteiger partial charge in [0.05, 0.1) is 6.04 Å². The van der Waals surface area contributed by atoms with Crippen LogP contribution in [0.5, 0.6) is 0 Å². The number of fused-ring (bicyclic) bond motifs is 2. The molecule has 3 fully saturated rings. The summed E-state index contributed by atoms with van der Waals surface area (Å²) in [5.74, 6) is 0.319. The minimum atomic E-state index is -4.76. The number of hydrogen-bond donors (Lipinski definition) is 1. The van der Waals surface area contributed by atoms with Gasteiger partial charge >= 0.3 is 22.4 Å². The molecule has 0 unspecified atom stereocenters. The number of hydrogen-bond acceptors (Lipinski definition) is 9. The number of hydroxylamine groups is 2. The molecule has 26 heavy (non-hydrogen) atoms. The van der Waals surface area contributed by atoms with Gasteiger partial charge < -0.3 is 19.1 Å². The summed E-state index contributed by atoms with van der Waals surface area (Å²) in [6, 6.07) is -1.11. The average Bonchev–Trinajstić information content (AvgIpc) is 3.15. The van der Waals surface area contributed by atoms with Crippen molar-refractivity contribution in [2.24, 2.45) is 0 Å². The van der Waals surface area contributed by atoms with Crippen LogP contribution in [-0.4, -0.2) is 89.9 Å². The van der Waals surface area contributed by atoms with Crippen molar-refractivity contribution in [3.8, 4) is 0 Å². The summed E-state index contributed by atoms with van der Waals surface area (Å²) in [5, 5.41) is 8.89. The molecule has 4 heterocycles. The average molecular weight is 388 g/mol. The number of nitrogens with zero attached hydrogens (tertiary/aromatic N) is 6. The van der Waals surface area contributed by atoms with Crippen LogP contribution in [0.2, 0.25) is 0 Å². The summed E-state index contributed by atoms with van der Waals surface area (Å²) in [4.78, 5) is 18.1. The molecule has 2 bridgehead atoms. The summed E-state index contributed by atoms with van der Waals surface area (Å²) in [6.45, 7) is 3.63. The summed E-state index contributed by atoms with van der Waals surface area (Å²) in [7, 11) is -2.71. The van der Waals surface area contributed by atoms with Crippen molar-refractivity contribution in [2.45, 2.75) is 24.9 Å². The Balaban J connectivity index is 1.49. The first-order valence-electron chi connectivity index (χ1n) is 8.35. The second-order valence-corrected chi connectivity index (χ2v) is 7.73. The van der Waals surface area contributed by atoms with Gasteiger partial charge in [-0.1, -0.05) is 5.10 Å². The number of rotatable bonds is 4. The first kappa shape index (κ1) is 17.5. The Labute approximate surface area is 150 Å². The van der Waals surface area contributed by atoms with Crippen molar-refractivity contribution < 1.29 is 26.5 Å². The highest BCUT2D eigenvalue weighted by Crippen LogP contribution is 2.38. The Morgan fingerprint density at radius 3 is 2.62 bits per heavy atom. The Morgan fingerprint density at radius 1 is 1.19 bits per heavy atom. The van der Waals surface area contributed by atoms with Crippen molar-refractivity contribution in [2.75, 3.05) is 44.7 Å². The lowest BCUT2D eigenvalue weighted by atomic mass is 10.0. The zero-order valence-corrected chi connectivity index (χ0v) is 15.0. The quantitative estimate of drug-likeness (QED) is 0.673. The van der Waals surface area contributed by atoms with E-state index in [1.807, 2.05) is 4.90 Å². The molecule has 3 aliphatic rings. The third kappa shape index (κ3) is 3.22. The Bertz CT molecular complexity index is 791. The smallest absolute Gasteiger partial charge is 0.406 e. The van der Waals surface area contributed by atoms with Gasteiger partial charge in [0, 0.05) is 32.7 Å². The van der Waals surface area contributed by atoms with Gasteiger partial charge in [0.1, 0.15) is 6.04 Å². The molecule has 0 saturated carbocycles. The van der Waals surface area contributed by atoms with Crippen LogP contribution in [0.25, 0.3) is 0 Å². The zero-order chi connectivity index (χ0) is 18.5. The van der Waals surface area contributed by atoms with Crippen molar-refractivity contribution in [1.29, 1.82) is 0 Å². The van der Waals surface area contributed by atoms with Crippen molar-refractivity contribution >= 4 is 22.4 Å². The second-order valence-electron chi connectivity index (χ2n) is 6.72. The van der Waals surface area contributed by atoms with Gasteiger partial charge in [0.15, 0.2) is 0 Å². The molecule has 0 aromatic carbocycles. The summed E-state index contributed by atoms with van der Waals surface area (Å²) < 4.78 is 41.0. The van der Waals surface area contributed by atoms with E-state index < -0.39 is 28.5 Å². The maximum absolute atomic E-state index is 12.4. The molecule has 1 aromatic rings.